The molecule has 1 N–H and O–H groups in total. The van der Waals surface area contributed by atoms with Crippen LogP contribution in [0.2, 0.25) is 0 Å². The van der Waals surface area contributed by atoms with E-state index in [2.05, 4.69) is 23.2 Å². The highest BCUT2D eigenvalue weighted by molar-refractivity contribution is 6.22. The van der Waals surface area contributed by atoms with E-state index in [0.29, 0.717) is 12.1 Å². The van der Waals surface area contributed by atoms with Gasteiger partial charge in [0.2, 0.25) is 0 Å². The quantitative estimate of drug-likeness (QED) is 0.449. The topological polar surface area (TPSA) is 56.4 Å². The van der Waals surface area contributed by atoms with Crippen molar-refractivity contribution in [1.82, 2.24) is 9.88 Å². The highest BCUT2D eigenvalue weighted by Gasteiger charge is 2.53. The molecule has 5 nitrogen and oxygen atoms in total. The number of carbonyl (C=O) groups is 2. The van der Waals surface area contributed by atoms with Gasteiger partial charge in [0.1, 0.15) is 12.1 Å². The third-order valence-corrected chi connectivity index (χ3v) is 6.67. The molecule has 1 fully saturated rings. The predicted molar refractivity (Wildman–Crippen MR) is 125 cm³/mol. The van der Waals surface area contributed by atoms with E-state index in [1.54, 1.807) is 4.90 Å². The van der Waals surface area contributed by atoms with Crippen molar-refractivity contribution in [2.45, 2.75) is 32.4 Å². The van der Waals surface area contributed by atoms with Crippen LogP contribution in [0.25, 0.3) is 10.9 Å². The van der Waals surface area contributed by atoms with Crippen LogP contribution in [0.15, 0.2) is 72.8 Å². The maximum Gasteiger partial charge on any atom is 0.332 e. The molecule has 1 aromatic heterocycles. The summed E-state index contributed by atoms with van der Waals surface area (Å²) in [4.78, 5) is 34.1. The lowest BCUT2D eigenvalue weighted by Crippen LogP contribution is -2.44. The lowest BCUT2D eigenvalue weighted by molar-refractivity contribution is -0.120. The Morgan fingerprint density at radius 2 is 1.62 bits per heavy atom. The number of fused-ring (bicyclic) bond motifs is 4. The van der Waals surface area contributed by atoms with Crippen LogP contribution in [0, 0.1) is 13.8 Å². The first-order valence-corrected chi connectivity index (χ1v) is 10.9. The summed E-state index contributed by atoms with van der Waals surface area (Å²) >= 11 is 0. The summed E-state index contributed by atoms with van der Waals surface area (Å²) in [6.07, 6.45) is 0.508. The summed E-state index contributed by atoms with van der Waals surface area (Å²) in [6, 6.07) is 22.8. The third-order valence-electron chi connectivity index (χ3n) is 6.67. The molecule has 3 heterocycles. The third kappa shape index (κ3) is 2.64. The molecule has 6 rings (SSSR count). The average molecular weight is 422 g/mol. The number of hydrogen-bond acceptors (Lipinski definition) is 2. The Bertz CT molecular complexity index is 1400. The van der Waals surface area contributed by atoms with E-state index in [-0.39, 0.29) is 18.0 Å². The van der Waals surface area contributed by atoms with E-state index in [0.717, 1.165) is 38.9 Å². The summed E-state index contributed by atoms with van der Waals surface area (Å²) in [7, 11) is 0. The molecular weight excluding hydrogens is 398 g/mol. The number of urea groups is 1. The minimum absolute atomic E-state index is 0.158. The summed E-state index contributed by atoms with van der Waals surface area (Å²) in [5.41, 5.74) is 6.93. The molecule has 3 amide bonds. The number of amides is 3. The van der Waals surface area contributed by atoms with Gasteiger partial charge in [-0.3, -0.25) is 9.69 Å². The maximum absolute atomic E-state index is 13.8. The van der Waals surface area contributed by atoms with Crippen molar-refractivity contribution >= 4 is 28.5 Å². The lowest BCUT2D eigenvalue weighted by Gasteiger charge is -2.36. The van der Waals surface area contributed by atoms with Crippen molar-refractivity contribution in [2.75, 3.05) is 4.90 Å². The molecule has 0 aliphatic carbocycles. The minimum Gasteiger partial charge on any atom is -0.356 e. The molecule has 0 radical (unpaired) electrons. The Kier molecular flexibility index (Phi) is 4.02. The van der Waals surface area contributed by atoms with Crippen LogP contribution < -0.4 is 4.90 Å². The molecule has 3 aromatic carbocycles. The number of carbonyl (C=O) groups excluding carboxylic acids is 2. The highest BCUT2D eigenvalue weighted by atomic mass is 16.2. The SMILES string of the molecule is Cc1cccc([C@H]2c3[nH]c4ccccc4c3C[C@H]3C(=O)N(c4cccc(C)c4)C(=O)N23)c1. The first-order chi connectivity index (χ1) is 15.5. The number of anilines is 1. The van der Waals surface area contributed by atoms with Crippen LogP contribution in [0.4, 0.5) is 10.5 Å². The van der Waals surface area contributed by atoms with Crippen LogP contribution in [0.5, 0.6) is 0 Å². The van der Waals surface area contributed by atoms with Gasteiger partial charge in [0.05, 0.1) is 5.69 Å². The number of nitrogens with zero attached hydrogens (tertiary/aromatic N) is 2. The van der Waals surface area contributed by atoms with Gasteiger partial charge in [0, 0.05) is 23.0 Å². The molecule has 0 saturated carbocycles. The van der Waals surface area contributed by atoms with E-state index >= 15 is 0 Å². The summed E-state index contributed by atoms with van der Waals surface area (Å²) < 4.78 is 0. The average Bonchev–Trinajstić information content (AvgIpc) is 3.27. The fourth-order valence-electron chi connectivity index (χ4n) is 5.27. The molecule has 158 valence electrons. The number of para-hydroxylation sites is 1. The summed E-state index contributed by atoms with van der Waals surface area (Å²) in [6.45, 7) is 4.01. The second-order valence-electron chi connectivity index (χ2n) is 8.80. The van der Waals surface area contributed by atoms with Gasteiger partial charge in [-0.1, -0.05) is 60.2 Å². The summed E-state index contributed by atoms with van der Waals surface area (Å²) in [5.74, 6) is -0.158. The highest BCUT2D eigenvalue weighted by Crippen LogP contribution is 2.44. The number of aromatic nitrogens is 1. The number of aromatic amines is 1. The van der Waals surface area contributed by atoms with Crippen LogP contribution in [-0.2, 0) is 11.2 Å². The maximum atomic E-state index is 13.8. The predicted octanol–water partition coefficient (Wildman–Crippen LogP) is 5.27. The number of rotatable bonds is 2. The van der Waals surface area contributed by atoms with Gasteiger partial charge in [-0.25, -0.2) is 9.69 Å². The van der Waals surface area contributed by atoms with Crippen molar-refractivity contribution in [3.63, 3.8) is 0 Å². The van der Waals surface area contributed by atoms with Crippen molar-refractivity contribution in [2.24, 2.45) is 0 Å². The number of aryl methyl sites for hydroxylation is 2. The van der Waals surface area contributed by atoms with Crippen LogP contribution in [0.1, 0.15) is 34.0 Å². The van der Waals surface area contributed by atoms with Gasteiger partial charge >= 0.3 is 6.03 Å². The standard InChI is InChI=1S/C27H23N3O2/c1-16-7-5-9-18(13-16)25-24-21(20-11-3-4-12-22(20)28-24)15-23-26(31)29(27(32)30(23)25)19-10-6-8-17(2)14-19/h3-14,23,25,28H,15H2,1-2H3/t23-,25-/m0/s1. The number of H-pyrrole nitrogens is 1. The molecule has 2 aliphatic rings. The van der Waals surface area contributed by atoms with Crippen LogP contribution in [-0.4, -0.2) is 27.9 Å². The van der Waals surface area contributed by atoms with Crippen molar-refractivity contribution in [1.29, 1.82) is 0 Å². The monoisotopic (exact) mass is 421 g/mol. The zero-order chi connectivity index (χ0) is 22.0. The first kappa shape index (κ1) is 18.9. The van der Waals surface area contributed by atoms with Gasteiger partial charge < -0.3 is 4.98 Å². The Balaban J connectivity index is 1.56. The Morgan fingerprint density at radius 3 is 2.41 bits per heavy atom. The molecule has 4 aromatic rings. The smallest absolute Gasteiger partial charge is 0.332 e. The minimum atomic E-state index is -0.528. The largest absolute Gasteiger partial charge is 0.356 e. The van der Waals surface area contributed by atoms with Crippen LogP contribution in [0.3, 0.4) is 0 Å². The Morgan fingerprint density at radius 1 is 0.875 bits per heavy atom. The fraction of sp³-hybridized carbons (Fsp3) is 0.185. The Hall–Kier alpha value is -3.86. The first-order valence-electron chi connectivity index (χ1n) is 10.9. The molecule has 1 saturated heterocycles. The van der Waals surface area contributed by atoms with Crippen molar-refractivity contribution in [3.8, 4) is 0 Å². The van der Waals surface area contributed by atoms with Gasteiger partial charge in [-0.2, -0.15) is 0 Å². The zero-order valence-electron chi connectivity index (χ0n) is 18.0. The number of nitrogens with one attached hydrogen (secondary N) is 1. The summed E-state index contributed by atoms with van der Waals surface area (Å²) in [5, 5.41) is 1.12. The second kappa shape index (κ2) is 6.82. The zero-order valence-corrected chi connectivity index (χ0v) is 18.0. The Labute approximate surface area is 186 Å². The van der Waals surface area contributed by atoms with E-state index in [1.807, 2.05) is 68.4 Å². The van der Waals surface area contributed by atoms with Gasteiger partial charge in [0.15, 0.2) is 0 Å². The van der Waals surface area contributed by atoms with E-state index < -0.39 is 6.04 Å². The number of benzene rings is 3. The molecule has 0 spiro atoms. The number of imide groups is 1. The molecule has 0 unspecified atom stereocenters. The normalized spacial score (nSPS) is 20.1. The molecule has 2 aliphatic heterocycles. The van der Waals surface area contributed by atoms with Gasteiger partial charge in [0.25, 0.3) is 5.91 Å². The fourth-order valence-corrected chi connectivity index (χ4v) is 5.27. The van der Waals surface area contributed by atoms with E-state index in [1.165, 1.54) is 4.90 Å². The lowest BCUT2D eigenvalue weighted by atomic mass is 9.88. The molecule has 32 heavy (non-hydrogen) atoms. The van der Waals surface area contributed by atoms with Gasteiger partial charge in [-0.05, 0) is 48.7 Å². The molecular formula is C27H23N3O2. The molecule has 2 atom stereocenters. The molecule has 0 bridgehead atoms. The van der Waals surface area contributed by atoms with Crippen molar-refractivity contribution in [3.05, 3.63) is 101 Å². The van der Waals surface area contributed by atoms with Crippen molar-refractivity contribution < 1.29 is 9.59 Å². The van der Waals surface area contributed by atoms with Crippen LogP contribution >= 0.6 is 0 Å². The number of hydrogen-bond donors (Lipinski definition) is 1. The van der Waals surface area contributed by atoms with Gasteiger partial charge in [-0.15, -0.1) is 0 Å². The second-order valence-corrected chi connectivity index (χ2v) is 8.80. The van der Waals surface area contributed by atoms with E-state index in [4.69, 9.17) is 0 Å². The van der Waals surface area contributed by atoms with E-state index in [9.17, 15) is 9.59 Å². The molecule has 5 heteroatoms.